The van der Waals surface area contributed by atoms with Gasteiger partial charge in [0.25, 0.3) is 5.91 Å². The van der Waals surface area contributed by atoms with E-state index in [1.54, 1.807) is 6.20 Å². The molecule has 0 radical (unpaired) electrons. The van der Waals surface area contributed by atoms with Crippen LogP contribution in [0.2, 0.25) is 0 Å². The van der Waals surface area contributed by atoms with Crippen LogP contribution in [0.4, 0.5) is 5.69 Å². The number of amides is 1. The number of rotatable bonds is 5. The van der Waals surface area contributed by atoms with Crippen LogP contribution in [0.1, 0.15) is 31.7 Å². The average Bonchev–Trinajstić information content (AvgIpc) is 3.28. The molecule has 5 nitrogen and oxygen atoms in total. The number of benzene rings is 2. The molecule has 2 aromatic carbocycles. The molecule has 0 atom stereocenters. The van der Waals surface area contributed by atoms with Crippen molar-refractivity contribution in [2.24, 2.45) is 0 Å². The quantitative estimate of drug-likeness (QED) is 0.506. The van der Waals surface area contributed by atoms with E-state index in [9.17, 15) is 4.79 Å². The van der Waals surface area contributed by atoms with Crippen molar-refractivity contribution in [3.63, 3.8) is 0 Å². The third kappa shape index (κ3) is 4.02. The molecule has 4 aromatic rings. The molecule has 0 spiro atoms. The maximum atomic E-state index is 12.8. The lowest BCUT2D eigenvalue weighted by Gasteiger charge is -2.05. The van der Waals surface area contributed by atoms with Gasteiger partial charge in [0.1, 0.15) is 10.6 Å². The van der Waals surface area contributed by atoms with E-state index in [2.05, 4.69) is 27.4 Å². The Hall–Kier alpha value is -3.25. The Kier molecular flexibility index (Phi) is 5.04. The predicted molar refractivity (Wildman–Crippen MR) is 111 cm³/mol. The molecule has 0 bridgehead atoms. The molecule has 0 fully saturated rings. The van der Waals surface area contributed by atoms with Crippen molar-refractivity contribution < 1.29 is 9.21 Å². The van der Waals surface area contributed by atoms with Gasteiger partial charge < -0.3 is 9.73 Å². The number of nitrogens with one attached hydrogen (secondary N) is 1. The summed E-state index contributed by atoms with van der Waals surface area (Å²) in [5.74, 6) is 1.12. The lowest BCUT2D eigenvalue weighted by molar-refractivity contribution is 0.103. The molecule has 2 aromatic heterocycles. The topological polar surface area (TPSA) is 68.0 Å². The number of hydrogen-bond donors (Lipinski definition) is 1. The highest BCUT2D eigenvalue weighted by atomic mass is 32.1. The van der Waals surface area contributed by atoms with Crippen molar-refractivity contribution in [2.45, 2.75) is 20.3 Å². The first-order valence-corrected chi connectivity index (χ1v) is 9.74. The van der Waals surface area contributed by atoms with Crippen molar-refractivity contribution in [3.05, 3.63) is 87.7 Å². The molecule has 2 heterocycles. The van der Waals surface area contributed by atoms with Crippen LogP contribution in [0.15, 0.2) is 65.2 Å². The molecule has 0 aliphatic heterocycles. The summed E-state index contributed by atoms with van der Waals surface area (Å²) < 4.78 is 5.56. The maximum absolute atomic E-state index is 12.8. The summed E-state index contributed by atoms with van der Waals surface area (Å²) in [5, 5.41) is 3.88. The number of thiazole rings is 1. The van der Waals surface area contributed by atoms with E-state index in [0.29, 0.717) is 16.5 Å². The van der Waals surface area contributed by atoms with E-state index in [1.165, 1.54) is 16.9 Å². The van der Waals surface area contributed by atoms with Crippen LogP contribution in [-0.2, 0) is 6.42 Å². The molecule has 0 saturated carbocycles. The lowest BCUT2D eigenvalue weighted by Crippen LogP contribution is -2.11. The Labute approximate surface area is 167 Å². The minimum atomic E-state index is -0.157. The van der Waals surface area contributed by atoms with Crippen LogP contribution in [0.25, 0.3) is 11.5 Å². The fourth-order valence-corrected chi connectivity index (χ4v) is 3.91. The van der Waals surface area contributed by atoms with Gasteiger partial charge in [0, 0.05) is 17.7 Å². The van der Waals surface area contributed by atoms with Crippen LogP contribution < -0.4 is 5.32 Å². The third-order valence-corrected chi connectivity index (χ3v) is 5.39. The molecule has 140 valence electrons. The zero-order valence-corrected chi connectivity index (χ0v) is 16.4. The Balaban J connectivity index is 1.51. The van der Waals surface area contributed by atoms with Gasteiger partial charge in [0.05, 0.1) is 16.9 Å². The first-order chi connectivity index (χ1) is 13.6. The summed E-state index contributed by atoms with van der Waals surface area (Å²) >= 11 is 1.43. The summed E-state index contributed by atoms with van der Waals surface area (Å²) in [4.78, 5) is 22.2. The number of oxazole rings is 1. The molecular formula is C22H19N3O2S. The molecule has 0 unspecified atom stereocenters. The molecule has 4 rings (SSSR count). The number of nitrogens with zero attached hydrogens (tertiary/aromatic N) is 2. The van der Waals surface area contributed by atoms with Crippen LogP contribution in [0.3, 0.4) is 0 Å². The van der Waals surface area contributed by atoms with Gasteiger partial charge in [0.15, 0.2) is 0 Å². The average molecular weight is 389 g/mol. The first kappa shape index (κ1) is 18.1. The summed E-state index contributed by atoms with van der Waals surface area (Å²) in [6.07, 6.45) is 2.40. The van der Waals surface area contributed by atoms with E-state index >= 15 is 0 Å². The monoisotopic (exact) mass is 389 g/mol. The van der Waals surface area contributed by atoms with Crippen molar-refractivity contribution in [3.8, 4) is 11.5 Å². The van der Waals surface area contributed by atoms with E-state index < -0.39 is 0 Å². The fraction of sp³-hybridized carbons (Fsp3) is 0.136. The summed E-state index contributed by atoms with van der Waals surface area (Å²) in [7, 11) is 0. The summed E-state index contributed by atoms with van der Waals surface area (Å²) in [6.45, 7) is 3.72. The number of aryl methyl sites for hydroxylation is 2. The van der Waals surface area contributed by atoms with E-state index in [1.807, 2.05) is 56.3 Å². The minimum absolute atomic E-state index is 0.157. The highest BCUT2D eigenvalue weighted by molar-refractivity contribution is 7.14. The van der Waals surface area contributed by atoms with Gasteiger partial charge in [-0.1, -0.05) is 36.4 Å². The number of hydrogen-bond acceptors (Lipinski definition) is 5. The van der Waals surface area contributed by atoms with Crippen molar-refractivity contribution in [1.82, 2.24) is 9.97 Å². The van der Waals surface area contributed by atoms with Gasteiger partial charge in [-0.05, 0) is 37.6 Å². The number of carbonyl (C=O) groups excluding carboxylic acids is 1. The van der Waals surface area contributed by atoms with Crippen LogP contribution in [-0.4, -0.2) is 15.9 Å². The normalized spacial score (nSPS) is 10.8. The zero-order valence-electron chi connectivity index (χ0n) is 15.6. The standard InChI is InChI=1S/C22H19N3O2S/c1-14-13-23-22(27-14)17-9-6-10-18(12-17)25-21(26)20-15(2)24-19(28-20)11-16-7-4-3-5-8-16/h3-10,12-13H,11H2,1-2H3,(H,25,26). The Morgan fingerprint density at radius 1 is 1.11 bits per heavy atom. The van der Waals surface area contributed by atoms with Crippen LogP contribution in [0, 0.1) is 13.8 Å². The fourth-order valence-electron chi connectivity index (χ4n) is 2.92. The van der Waals surface area contributed by atoms with Gasteiger partial charge >= 0.3 is 0 Å². The smallest absolute Gasteiger partial charge is 0.267 e. The molecule has 0 aliphatic rings. The molecular weight excluding hydrogens is 370 g/mol. The second kappa shape index (κ2) is 7.78. The second-order valence-electron chi connectivity index (χ2n) is 6.50. The highest BCUT2D eigenvalue weighted by Gasteiger charge is 2.16. The van der Waals surface area contributed by atoms with Crippen molar-refractivity contribution in [2.75, 3.05) is 5.32 Å². The van der Waals surface area contributed by atoms with Crippen LogP contribution >= 0.6 is 11.3 Å². The lowest BCUT2D eigenvalue weighted by atomic mass is 10.2. The molecule has 0 aliphatic carbocycles. The van der Waals surface area contributed by atoms with Gasteiger partial charge in [-0.15, -0.1) is 11.3 Å². The van der Waals surface area contributed by atoms with Gasteiger partial charge in [0.2, 0.25) is 5.89 Å². The minimum Gasteiger partial charge on any atom is -0.441 e. The third-order valence-electron chi connectivity index (χ3n) is 4.23. The first-order valence-electron chi connectivity index (χ1n) is 8.93. The maximum Gasteiger partial charge on any atom is 0.267 e. The van der Waals surface area contributed by atoms with Gasteiger partial charge in [-0.25, -0.2) is 9.97 Å². The molecule has 1 amide bonds. The van der Waals surface area contributed by atoms with Gasteiger partial charge in [-0.3, -0.25) is 4.79 Å². The zero-order chi connectivity index (χ0) is 19.5. The highest BCUT2D eigenvalue weighted by Crippen LogP contribution is 2.25. The summed E-state index contributed by atoms with van der Waals surface area (Å²) in [5.41, 5.74) is 3.43. The number of carbonyl (C=O) groups is 1. The molecule has 0 saturated heterocycles. The number of anilines is 1. The largest absolute Gasteiger partial charge is 0.441 e. The van der Waals surface area contributed by atoms with Crippen molar-refractivity contribution >= 4 is 22.9 Å². The number of aromatic nitrogens is 2. The SMILES string of the molecule is Cc1cnc(-c2cccc(NC(=O)c3sc(Cc4ccccc4)nc3C)c2)o1. The Morgan fingerprint density at radius 2 is 1.93 bits per heavy atom. The van der Waals surface area contributed by atoms with E-state index in [4.69, 9.17) is 4.42 Å². The van der Waals surface area contributed by atoms with Crippen molar-refractivity contribution in [1.29, 1.82) is 0 Å². The molecule has 28 heavy (non-hydrogen) atoms. The predicted octanol–water partition coefficient (Wildman–Crippen LogP) is 5.26. The van der Waals surface area contributed by atoms with Crippen LogP contribution in [0.5, 0.6) is 0 Å². The molecule has 1 N–H and O–H groups in total. The van der Waals surface area contributed by atoms with Gasteiger partial charge in [-0.2, -0.15) is 0 Å². The van der Waals surface area contributed by atoms with E-state index in [0.717, 1.165) is 28.4 Å². The Morgan fingerprint density at radius 3 is 2.68 bits per heavy atom. The van der Waals surface area contributed by atoms with E-state index in [-0.39, 0.29) is 5.91 Å². The Bertz CT molecular complexity index is 1120. The second-order valence-corrected chi connectivity index (χ2v) is 7.58. The molecule has 6 heteroatoms. The summed E-state index contributed by atoms with van der Waals surface area (Å²) in [6, 6.07) is 17.6.